The van der Waals surface area contributed by atoms with Crippen molar-refractivity contribution < 1.29 is 4.79 Å². The molecule has 31 heavy (non-hydrogen) atoms. The van der Waals surface area contributed by atoms with Gasteiger partial charge in [-0.2, -0.15) is 5.10 Å². The number of carbonyl (C=O) groups is 1. The normalized spacial score (nSPS) is 19.2. The molecule has 3 heterocycles. The van der Waals surface area contributed by atoms with Crippen LogP contribution in [0.2, 0.25) is 5.02 Å². The first-order valence-corrected chi connectivity index (χ1v) is 11.2. The number of aromatic amines is 1. The number of hydrogen-bond donors (Lipinski definition) is 3. The Hall–Kier alpha value is -2.71. The van der Waals surface area contributed by atoms with Crippen molar-refractivity contribution in [3.63, 3.8) is 0 Å². The van der Waals surface area contributed by atoms with Gasteiger partial charge in [0.2, 0.25) is 5.82 Å². The van der Waals surface area contributed by atoms with Crippen LogP contribution in [0.1, 0.15) is 48.9 Å². The molecule has 0 unspecified atom stereocenters. The maximum atomic E-state index is 13.3. The number of nitrogens with zero attached hydrogens (tertiary/aromatic N) is 4. The van der Waals surface area contributed by atoms with Crippen molar-refractivity contribution in [1.82, 2.24) is 30.4 Å². The molecule has 2 aliphatic rings. The molecule has 1 amide bonds. The van der Waals surface area contributed by atoms with Crippen LogP contribution in [-0.4, -0.2) is 56.6 Å². The number of H-pyrrole nitrogens is 1. The van der Waals surface area contributed by atoms with Crippen molar-refractivity contribution in [3.05, 3.63) is 40.8 Å². The monoisotopic (exact) mass is 439 g/mol. The summed E-state index contributed by atoms with van der Waals surface area (Å²) in [6.45, 7) is 6.36. The van der Waals surface area contributed by atoms with Crippen molar-refractivity contribution in [2.75, 3.05) is 25.0 Å². The fourth-order valence-electron chi connectivity index (χ4n) is 3.97. The number of nitrogens with one attached hydrogen (secondary N) is 3. The number of fused-ring (bicyclic) bond motifs is 1. The van der Waals surface area contributed by atoms with E-state index in [-0.39, 0.29) is 17.8 Å². The number of rotatable bonds is 5. The Morgan fingerprint density at radius 2 is 2.10 bits per heavy atom. The number of hydrogen-bond acceptors (Lipinski definition) is 6. The SMILES string of the molecule is CC(C)[C@@H]1CN(C(=O)c2nc(Nc3cc(C4CC4)[nH]n3)c3cc(Cl)ccc3n2)CCN1. The number of carbonyl (C=O) groups excluding carboxylic acids is 1. The second-order valence-corrected chi connectivity index (χ2v) is 9.16. The number of halogens is 1. The van der Waals surface area contributed by atoms with Crippen LogP contribution in [0.25, 0.3) is 10.9 Å². The summed E-state index contributed by atoms with van der Waals surface area (Å²) in [6, 6.07) is 7.66. The van der Waals surface area contributed by atoms with E-state index in [1.807, 2.05) is 23.1 Å². The zero-order chi connectivity index (χ0) is 21.5. The molecule has 1 aromatic carbocycles. The summed E-state index contributed by atoms with van der Waals surface area (Å²) in [7, 11) is 0. The second-order valence-electron chi connectivity index (χ2n) is 8.72. The van der Waals surface area contributed by atoms with Crippen LogP contribution >= 0.6 is 11.6 Å². The van der Waals surface area contributed by atoms with Crippen molar-refractivity contribution in [1.29, 1.82) is 0 Å². The van der Waals surface area contributed by atoms with Gasteiger partial charge in [-0.25, -0.2) is 9.97 Å². The van der Waals surface area contributed by atoms with Crippen LogP contribution in [0.5, 0.6) is 0 Å². The van der Waals surface area contributed by atoms with Gasteiger partial charge in [-0.1, -0.05) is 25.4 Å². The van der Waals surface area contributed by atoms with Crippen LogP contribution in [0.4, 0.5) is 11.6 Å². The molecular formula is C22H26ClN7O. The average Bonchev–Trinajstić information content (AvgIpc) is 3.52. The summed E-state index contributed by atoms with van der Waals surface area (Å²) >= 11 is 6.23. The molecule has 9 heteroatoms. The molecule has 0 radical (unpaired) electrons. The fourth-order valence-corrected chi connectivity index (χ4v) is 4.14. The molecule has 1 aliphatic heterocycles. The largest absolute Gasteiger partial charge is 0.333 e. The van der Waals surface area contributed by atoms with Crippen LogP contribution in [0, 0.1) is 5.92 Å². The Balaban J connectivity index is 1.48. The Morgan fingerprint density at radius 3 is 2.87 bits per heavy atom. The van der Waals surface area contributed by atoms with Crippen molar-refractivity contribution in [3.8, 4) is 0 Å². The molecule has 0 spiro atoms. The topological polar surface area (TPSA) is 98.8 Å². The predicted molar refractivity (Wildman–Crippen MR) is 121 cm³/mol. The second kappa shape index (κ2) is 8.09. The summed E-state index contributed by atoms with van der Waals surface area (Å²) in [5, 5.41) is 15.5. The highest BCUT2D eigenvalue weighted by molar-refractivity contribution is 6.31. The molecule has 3 N–H and O–H groups in total. The Kier molecular flexibility index (Phi) is 5.27. The highest BCUT2D eigenvalue weighted by Gasteiger charge is 2.28. The van der Waals surface area contributed by atoms with Crippen LogP contribution in [0.3, 0.4) is 0 Å². The van der Waals surface area contributed by atoms with Crippen molar-refractivity contribution >= 4 is 40.0 Å². The maximum Gasteiger partial charge on any atom is 0.291 e. The van der Waals surface area contributed by atoms with Gasteiger partial charge in [0.1, 0.15) is 5.82 Å². The summed E-state index contributed by atoms with van der Waals surface area (Å²) in [5.41, 5.74) is 1.79. The molecule has 1 aliphatic carbocycles. The number of anilines is 2. The zero-order valence-electron chi connectivity index (χ0n) is 17.7. The Morgan fingerprint density at radius 1 is 1.26 bits per heavy atom. The van der Waals surface area contributed by atoms with Gasteiger partial charge in [-0.3, -0.25) is 9.89 Å². The Bertz CT molecular complexity index is 1120. The molecule has 1 saturated carbocycles. The fraction of sp³-hybridized carbons (Fsp3) is 0.455. The molecule has 3 aromatic rings. The minimum Gasteiger partial charge on any atom is -0.333 e. The van der Waals surface area contributed by atoms with E-state index in [4.69, 9.17) is 11.6 Å². The lowest BCUT2D eigenvalue weighted by Crippen LogP contribution is -2.54. The lowest BCUT2D eigenvalue weighted by Gasteiger charge is -2.35. The molecule has 0 bridgehead atoms. The molecule has 5 rings (SSSR count). The van der Waals surface area contributed by atoms with E-state index in [9.17, 15) is 4.79 Å². The number of amides is 1. The minimum atomic E-state index is -0.159. The first kappa shape index (κ1) is 20.2. The van der Waals surface area contributed by atoms with Gasteiger partial charge in [-0.15, -0.1) is 0 Å². The van der Waals surface area contributed by atoms with Gasteiger partial charge in [0, 0.05) is 53.8 Å². The predicted octanol–water partition coefficient (Wildman–Crippen LogP) is 3.70. The number of aromatic nitrogens is 4. The molecule has 1 atom stereocenters. The maximum absolute atomic E-state index is 13.3. The molecule has 8 nitrogen and oxygen atoms in total. The molecule has 1 saturated heterocycles. The highest BCUT2D eigenvalue weighted by atomic mass is 35.5. The van der Waals surface area contributed by atoms with Crippen molar-refractivity contribution in [2.24, 2.45) is 5.92 Å². The summed E-state index contributed by atoms with van der Waals surface area (Å²) in [6.07, 6.45) is 2.38. The van der Waals surface area contributed by atoms with E-state index in [2.05, 4.69) is 44.6 Å². The summed E-state index contributed by atoms with van der Waals surface area (Å²) in [4.78, 5) is 24.3. The lowest BCUT2D eigenvalue weighted by atomic mass is 10.0. The van der Waals surface area contributed by atoms with E-state index in [1.165, 1.54) is 12.8 Å². The Labute approximate surface area is 185 Å². The molecular weight excluding hydrogens is 414 g/mol. The molecule has 2 fully saturated rings. The third kappa shape index (κ3) is 4.22. The standard InChI is InChI=1S/C22H26ClN7O/c1-12(2)18-11-30(8-7-24-18)22(31)21-25-16-6-5-14(23)9-15(16)20(27-21)26-19-10-17(28-29-19)13-3-4-13/h5-6,9-10,12-13,18,24H,3-4,7-8,11H2,1-2H3,(H2,25,26,27,28,29)/t18-/m0/s1. The van der Waals surface area contributed by atoms with Gasteiger partial charge >= 0.3 is 0 Å². The molecule has 162 valence electrons. The van der Waals surface area contributed by atoms with E-state index in [0.29, 0.717) is 47.1 Å². The molecule has 2 aromatic heterocycles. The van der Waals surface area contributed by atoms with Gasteiger partial charge < -0.3 is 15.5 Å². The van der Waals surface area contributed by atoms with Crippen LogP contribution < -0.4 is 10.6 Å². The summed E-state index contributed by atoms with van der Waals surface area (Å²) < 4.78 is 0. The van der Waals surface area contributed by atoms with Crippen LogP contribution in [-0.2, 0) is 0 Å². The number of piperazine rings is 1. The third-order valence-corrected chi connectivity index (χ3v) is 6.24. The summed E-state index contributed by atoms with van der Waals surface area (Å²) in [5.74, 6) is 2.22. The van der Waals surface area contributed by atoms with E-state index in [1.54, 1.807) is 6.07 Å². The van der Waals surface area contributed by atoms with Gasteiger partial charge in [-0.05, 0) is 37.0 Å². The quantitative estimate of drug-likeness (QED) is 0.560. The first-order chi connectivity index (χ1) is 15.0. The van der Waals surface area contributed by atoms with E-state index >= 15 is 0 Å². The smallest absolute Gasteiger partial charge is 0.291 e. The van der Waals surface area contributed by atoms with E-state index in [0.717, 1.165) is 17.6 Å². The van der Waals surface area contributed by atoms with Crippen LogP contribution in [0.15, 0.2) is 24.3 Å². The zero-order valence-corrected chi connectivity index (χ0v) is 18.4. The lowest BCUT2D eigenvalue weighted by molar-refractivity contribution is 0.0672. The first-order valence-electron chi connectivity index (χ1n) is 10.8. The van der Waals surface area contributed by atoms with Crippen molar-refractivity contribution in [2.45, 2.75) is 38.6 Å². The van der Waals surface area contributed by atoms with Gasteiger partial charge in [0.15, 0.2) is 5.82 Å². The minimum absolute atomic E-state index is 0.159. The van der Waals surface area contributed by atoms with Gasteiger partial charge in [0.25, 0.3) is 5.91 Å². The van der Waals surface area contributed by atoms with Gasteiger partial charge in [0.05, 0.1) is 5.52 Å². The highest BCUT2D eigenvalue weighted by Crippen LogP contribution is 2.39. The third-order valence-electron chi connectivity index (χ3n) is 6.01. The average molecular weight is 440 g/mol. The number of benzene rings is 1. The van der Waals surface area contributed by atoms with E-state index < -0.39 is 0 Å².